The molecule has 0 bridgehead atoms. The van der Waals surface area contributed by atoms with E-state index in [1.54, 1.807) is 36.4 Å². The monoisotopic (exact) mass is 520 g/mol. The Labute approximate surface area is 200 Å². The summed E-state index contributed by atoms with van der Waals surface area (Å²) >= 11 is 5.14. The van der Waals surface area contributed by atoms with Crippen LogP contribution in [0.3, 0.4) is 0 Å². The molecule has 172 valence electrons. The van der Waals surface area contributed by atoms with Gasteiger partial charge in [0.1, 0.15) is 5.82 Å². The van der Waals surface area contributed by atoms with Crippen molar-refractivity contribution in [2.45, 2.75) is 45.7 Å². The number of rotatable bonds is 7. The molecule has 3 aromatic rings. The number of carbonyl (C=O) groups excluding carboxylic acids is 1. The zero-order valence-corrected chi connectivity index (χ0v) is 21.7. The Morgan fingerprint density at radius 2 is 1.91 bits per heavy atom. The van der Waals surface area contributed by atoms with Crippen molar-refractivity contribution >= 4 is 44.9 Å². The maximum atomic E-state index is 12.3. The van der Waals surface area contributed by atoms with Crippen molar-refractivity contribution in [3.05, 3.63) is 32.6 Å². The number of carbonyl (C=O) groups is 1. The third-order valence-corrected chi connectivity index (χ3v) is 6.43. The number of amides is 1. The third-order valence-electron chi connectivity index (χ3n) is 4.88. The van der Waals surface area contributed by atoms with Gasteiger partial charge < -0.3 is 15.5 Å². The number of halogens is 1. The minimum Gasteiger partial charge on any atom is -0.384 e. The van der Waals surface area contributed by atoms with Gasteiger partial charge in [-0.15, -0.1) is 21.5 Å². The highest BCUT2D eigenvalue weighted by atomic mass is 79.9. The van der Waals surface area contributed by atoms with Crippen molar-refractivity contribution in [3.63, 3.8) is 0 Å². The van der Waals surface area contributed by atoms with Crippen molar-refractivity contribution in [2.24, 2.45) is 0 Å². The second kappa shape index (κ2) is 9.53. The molecule has 0 aliphatic rings. The van der Waals surface area contributed by atoms with Gasteiger partial charge in [0, 0.05) is 52.1 Å². The average molecular weight is 521 g/mol. The van der Waals surface area contributed by atoms with Crippen LogP contribution in [0.25, 0.3) is 11.6 Å². The molecule has 0 aliphatic heterocycles. The van der Waals surface area contributed by atoms with E-state index in [-0.39, 0.29) is 11.3 Å². The lowest BCUT2D eigenvalue weighted by molar-refractivity contribution is -0.128. The fourth-order valence-corrected chi connectivity index (χ4v) is 4.30. The molecule has 0 atom stereocenters. The maximum Gasteiger partial charge on any atom is 0.227 e. The molecule has 0 aromatic carbocycles. The topological polar surface area (TPSA) is 106 Å². The van der Waals surface area contributed by atoms with E-state index in [4.69, 9.17) is 10.7 Å². The van der Waals surface area contributed by atoms with Gasteiger partial charge in [0.2, 0.25) is 17.7 Å². The van der Waals surface area contributed by atoms with Crippen molar-refractivity contribution in [1.29, 1.82) is 0 Å². The Balaban J connectivity index is 2.02. The Morgan fingerprint density at radius 1 is 1.19 bits per heavy atom. The number of aromatic nitrogens is 5. The lowest BCUT2D eigenvalue weighted by Crippen LogP contribution is -2.25. The largest absolute Gasteiger partial charge is 0.384 e. The van der Waals surface area contributed by atoms with Crippen molar-refractivity contribution in [1.82, 2.24) is 29.6 Å². The highest BCUT2D eigenvalue weighted by Gasteiger charge is 2.23. The Hall–Kier alpha value is -2.53. The fourth-order valence-electron chi connectivity index (χ4n) is 3.10. The minimum atomic E-state index is -0.205. The molecule has 0 unspecified atom stereocenters. The molecule has 3 heterocycles. The van der Waals surface area contributed by atoms with Crippen LogP contribution in [-0.4, -0.2) is 56.7 Å². The van der Waals surface area contributed by atoms with Gasteiger partial charge in [-0.25, -0.2) is 9.97 Å². The highest BCUT2D eigenvalue weighted by molar-refractivity contribution is 9.11. The summed E-state index contributed by atoms with van der Waals surface area (Å²) in [6.45, 7) is 7.24. The van der Waals surface area contributed by atoms with Gasteiger partial charge in [-0.1, -0.05) is 20.8 Å². The SMILES string of the molecule is CN(C)C(=O)CCn1c(-c2nc(N)cc(C(C)(C)C)n2)nnc1N(C)Cc1csc(Br)c1. The van der Waals surface area contributed by atoms with Crippen molar-refractivity contribution < 1.29 is 4.79 Å². The molecule has 0 spiro atoms. The van der Waals surface area contributed by atoms with Crippen LogP contribution in [-0.2, 0) is 23.3 Å². The molecule has 0 aliphatic carbocycles. The zero-order valence-electron chi connectivity index (χ0n) is 19.3. The van der Waals surface area contributed by atoms with Gasteiger partial charge in [0.15, 0.2) is 5.82 Å². The molecule has 11 heteroatoms. The Kier molecular flexibility index (Phi) is 7.19. The van der Waals surface area contributed by atoms with Gasteiger partial charge in [-0.3, -0.25) is 9.36 Å². The smallest absolute Gasteiger partial charge is 0.227 e. The highest BCUT2D eigenvalue weighted by Crippen LogP contribution is 2.27. The van der Waals surface area contributed by atoms with Gasteiger partial charge in [0.05, 0.1) is 9.48 Å². The third kappa shape index (κ3) is 5.63. The first-order valence-corrected chi connectivity index (χ1v) is 11.9. The molecule has 3 rings (SSSR count). The van der Waals surface area contributed by atoms with Gasteiger partial charge in [-0.2, -0.15) is 0 Å². The average Bonchev–Trinajstić information content (AvgIpc) is 3.30. The van der Waals surface area contributed by atoms with Crippen LogP contribution in [0.15, 0.2) is 21.3 Å². The molecule has 2 N–H and O–H groups in total. The molecule has 1 amide bonds. The normalized spacial score (nSPS) is 11.6. The first-order chi connectivity index (χ1) is 15.0. The number of hydrogen-bond donors (Lipinski definition) is 1. The standard InChI is InChI=1S/C21H29BrN8OS/c1-21(2,3)14-10-16(23)25-18(24-14)19-26-27-20(30(19)8-7-17(31)28(4)5)29(6)11-13-9-15(22)32-12-13/h9-10,12H,7-8,11H2,1-6H3,(H2,23,24,25). The second-order valence-corrected chi connectivity index (χ2v) is 11.2. The predicted octanol–water partition coefficient (Wildman–Crippen LogP) is 3.55. The van der Waals surface area contributed by atoms with Crippen LogP contribution >= 0.6 is 27.3 Å². The molecule has 9 nitrogen and oxygen atoms in total. The lowest BCUT2D eigenvalue weighted by Gasteiger charge is -2.21. The molecular weight excluding hydrogens is 492 g/mol. The van der Waals surface area contributed by atoms with Crippen LogP contribution in [0.5, 0.6) is 0 Å². The van der Waals surface area contributed by atoms with E-state index in [0.29, 0.717) is 42.9 Å². The summed E-state index contributed by atoms with van der Waals surface area (Å²) in [6.07, 6.45) is 0.303. The first kappa shape index (κ1) is 24.1. The van der Waals surface area contributed by atoms with Gasteiger partial charge >= 0.3 is 0 Å². The Morgan fingerprint density at radius 3 is 2.50 bits per heavy atom. The fraction of sp³-hybridized carbons (Fsp3) is 0.476. The molecule has 0 saturated heterocycles. The quantitative estimate of drug-likeness (QED) is 0.507. The van der Waals surface area contributed by atoms with Crippen LogP contribution in [0.1, 0.15) is 38.4 Å². The minimum absolute atomic E-state index is 0.0175. The molecule has 0 saturated carbocycles. The number of thiophene rings is 1. The number of nitrogens with zero attached hydrogens (tertiary/aromatic N) is 7. The van der Waals surface area contributed by atoms with E-state index in [2.05, 4.69) is 63.3 Å². The maximum absolute atomic E-state index is 12.3. The molecule has 3 aromatic heterocycles. The lowest BCUT2D eigenvalue weighted by atomic mass is 9.92. The van der Waals surface area contributed by atoms with Crippen LogP contribution in [0.4, 0.5) is 11.8 Å². The molecular formula is C21H29BrN8OS. The van der Waals surface area contributed by atoms with Crippen LogP contribution < -0.4 is 10.6 Å². The Bertz CT molecular complexity index is 1100. The van der Waals surface area contributed by atoms with E-state index >= 15 is 0 Å². The molecule has 0 radical (unpaired) electrons. The van der Waals surface area contributed by atoms with E-state index in [9.17, 15) is 4.79 Å². The zero-order chi connectivity index (χ0) is 23.6. The summed E-state index contributed by atoms with van der Waals surface area (Å²) in [4.78, 5) is 25.0. The van der Waals surface area contributed by atoms with Gasteiger partial charge in [-0.05, 0) is 32.9 Å². The number of nitrogen functional groups attached to an aromatic ring is 1. The molecule has 0 fully saturated rings. The summed E-state index contributed by atoms with van der Waals surface area (Å²) in [6, 6.07) is 3.86. The predicted molar refractivity (Wildman–Crippen MR) is 132 cm³/mol. The summed E-state index contributed by atoms with van der Waals surface area (Å²) in [5.74, 6) is 1.92. The molecule has 32 heavy (non-hydrogen) atoms. The summed E-state index contributed by atoms with van der Waals surface area (Å²) in [7, 11) is 5.44. The number of anilines is 2. The summed E-state index contributed by atoms with van der Waals surface area (Å²) in [5.41, 5.74) is 7.86. The van der Waals surface area contributed by atoms with E-state index < -0.39 is 0 Å². The van der Waals surface area contributed by atoms with E-state index in [1.807, 2.05) is 16.5 Å². The first-order valence-electron chi connectivity index (χ1n) is 10.2. The van der Waals surface area contributed by atoms with Crippen LogP contribution in [0.2, 0.25) is 0 Å². The second-order valence-electron chi connectivity index (χ2n) is 8.88. The number of hydrogen-bond acceptors (Lipinski definition) is 8. The number of nitrogens with two attached hydrogens (primary N) is 1. The van der Waals surface area contributed by atoms with Crippen molar-refractivity contribution in [2.75, 3.05) is 31.8 Å². The van der Waals surface area contributed by atoms with Crippen molar-refractivity contribution in [3.8, 4) is 11.6 Å². The van der Waals surface area contributed by atoms with Crippen LogP contribution in [0, 0.1) is 0 Å². The van der Waals surface area contributed by atoms with E-state index in [1.165, 1.54) is 0 Å². The van der Waals surface area contributed by atoms with Gasteiger partial charge in [0.25, 0.3) is 0 Å². The summed E-state index contributed by atoms with van der Waals surface area (Å²) in [5, 5.41) is 10.9. The summed E-state index contributed by atoms with van der Waals surface area (Å²) < 4.78 is 2.96. The van der Waals surface area contributed by atoms with E-state index in [0.717, 1.165) is 15.0 Å².